The number of hydrogen-bond donors (Lipinski definition) is 0. The van der Waals surface area contributed by atoms with E-state index in [2.05, 4.69) is 20.9 Å². The SMILES string of the molecule is CC(=O)Oc1ccc(Br)cc1/C=C1\N=C(c2ccc(Cl)cc2Cl)OC1=O. The monoisotopic (exact) mass is 453 g/mol. The summed E-state index contributed by atoms with van der Waals surface area (Å²) in [7, 11) is 0. The second-order valence-corrected chi connectivity index (χ2v) is 7.00. The van der Waals surface area contributed by atoms with Crippen LogP contribution in [0.1, 0.15) is 18.1 Å². The van der Waals surface area contributed by atoms with Gasteiger partial charge in [0, 0.05) is 22.0 Å². The van der Waals surface area contributed by atoms with Crippen molar-refractivity contribution in [3.63, 3.8) is 0 Å². The Labute approximate surface area is 167 Å². The van der Waals surface area contributed by atoms with Crippen LogP contribution in [0.3, 0.4) is 0 Å². The number of carbonyl (C=O) groups is 2. The van der Waals surface area contributed by atoms with Crippen molar-refractivity contribution in [3.8, 4) is 5.75 Å². The molecule has 2 aromatic rings. The van der Waals surface area contributed by atoms with E-state index in [0.29, 0.717) is 26.9 Å². The van der Waals surface area contributed by atoms with Gasteiger partial charge in [-0.25, -0.2) is 9.79 Å². The fourth-order valence-corrected chi connectivity index (χ4v) is 3.08. The summed E-state index contributed by atoms with van der Waals surface area (Å²) in [6.45, 7) is 1.29. The first-order valence-corrected chi connectivity index (χ1v) is 8.84. The van der Waals surface area contributed by atoms with Gasteiger partial charge < -0.3 is 9.47 Å². The predicted octanol–water partition coefficient (Wildman–Crippen LogP) is 5.03. The zero-order valence-corrected chi connectivity index (χ0v) is 16.4. The standard InChI is InChI=1S/C18H10BrCl2NO4/c1-9(23)25-16-5-2-11(19)6-10(16)7-15-18(24)26-17(22-15)13-4-3-12(20)8-14(13)21/h2-8H,1H3/b15-7-. The number of ether oxygens (including phenoxy) is 2. The summed E-state index contributed by atoms with van der Waals surface area (Å²) < 4.78 is 11.1. The molecule has 3 rings (SSSR count). The van der Waals surface area contributed by atoms with E-state index in [1.807, 2.05) is 0 Å². The van der Waals surface area contributed by atoms with Gasteiger partial charge in [-0.05, 0) is 42.5 Å². The topological polar surface area (TPSA) is 65.0 Å². The molecule has 0 radical (unpaired) electrons. The summed E-state index contributed by atoms with van der Waals surface area (Å²) >= 11 is 15.3. The number of esters is 2. The van der Waals surface area contributed by atoms with Crippen molar-refractivity contribution in [2.24, 2.45) is 4.99 Å². The minimum absolute atomic E-state index is 0.0533. The summed E-state index contributed by atoms with van der Waals surface area (Å²) in [5.41, 5.74) is 0.994. The lowest BCUT2D eigenvalue weighted by atomic mass is 10.1. The van der Waals surface area contributed by atoms with Gasteiger partial charge in [-0.1, -0.05) is 39.1 Å². The number of rotatable bonds is 3. The minimum Gasteiger partial charge on any atom is -0.426 e. The third-order valence-electron chi connectivity index (χ3n) is 3.30. The van der Waals surface area contributed by atoms with Crippen LogP contribution in [0, 0.1) is 0 Å². The van der Waals surface area contributed by atoms with Crippen molar-refractivity contribution >= 4 is 63.0 Å². The molecule has 0 spiro atoms. The quantitative estimate of drug-likeness (QED) is 0.370. The first-order chi connectivity index (χ1) is 12.3. The Morgan fingerprint density at radius 3 is 2.69 bits per heavy atom. The zero-order chi connectivity index (χ0) is 18.8. The fraction of sp³-hybridized carbons (Fsp3) is 0.0556. The maximum absolute atomic E-state index is 12.2. The fourth-order valence-electron chi connectivity index (χ4n) is 2.21. The molecule has 0 amide bonds. The average Bonchev–Trinajstić information content (AvgIpc) is 2.90. The van der Waals surface area contributed by atoms with Gasteiger partial charge in [0.25, 0.3) is 0 Å². The van der Waals surface area contributed by atoms with Crippen LogP contribution in [0.15, 0.2) is 51.6 Å². The number of carbonyl (C=O) groups excluding carboxylic acids is 2. The molecule has 5 nitrogen and oxygen atoms in total. The number of aliphatic imine (C=N–C) groups is 1. The molecular formula is C18H10BrCl2NO4. The van der Waals surface area contributed by atoms with Gasteiger partial charge in [0.15, 0.2) is 5.70 Å². The second kappa shape index (κ2) is 7.61. The lowest BCUT2D eigenvalue weighted by Gasteiger charge is -2.06. The van der Waals surface area contributed by atoms with E-state index in [0.717, 1.165) is 4.47 Å². The van der Waals surface area contributed by atoms with Gasteiger partial charge in [0.1, 0.15) is 5.75 Å². The van der Waals surface area contributed by atoms with Crippen LogP contribution in [-0.2, 0) is 14.3 Å². The van der Waals surface area contributed by atoms with E-state index < -0.39 is 11.9 Å². The normalized spacial score (nSPS) is 15.0. The van der Waals surface area contributed by atoms with Crippen molar-refractivity contribution in [1.29, 1.82) is 0 Å². The summed E-state index contributed by atoms with van der Waals surface area (Å²) in [6, 6.07) is 9.79. The van der Waals surface area contributed by atoms with Crippen LogP contribution in [0.2, 0.25) is 10.0 Å². The van der Waals surface area contributed by atoms with Gasteiger partial charge in [-0.3, -0.25) is 4.79 Å². The third-order valence-corrected chi connectivity index (χ3v) is 4.34. The molecule has 0 aromatic heterocycles. The molecule has 0 atom stereocenters. The van der Waals surface area contributed by atoms with Crippen molar-refractivity contribution < 1.29 is 19.1 Å². The van der Waals surface area contributed by atoms with E-state index in [4.69, 9.17) is 32.7 Å². The largest absolute Gasteiger partial charge is 0.426 e. The Kier molecular flexibility index (Phi) is 5.46. The van der Waals surface area contributed by atoms with Crippen molar-refractivity contribution in [1.82, 2.24) is 0 Å². The van der Waals surface area contributed by atoms with Crippen LogP contribution in [0.25, 0.3) is 6.08 Å². The second-order valence-electron chi connectivity index (χ2n) is 5.24. The maximum atomic E-state index is 12.2. The number of cyclic esters (lactones) is 1. The van der Waals surface area contributed by atoms with Crippen molar-refractivity contribution in [2.75, 3.05) is 0 Å². The van der Waals surface area contributed by atoms with Gasteiger partial charge in [0.05, 0.1) is 10.6 Å². The van der Waals surface area contributed by atoms with Gasteiger partial charge in [0.2, 0.25) is 5.90 Å². The molecule has 26 heavy (non-hydrogen) atoms. The third kappa shape index (κ3) is 4.15. The molecule has 0 aliphatic carbocycles. The molecule has 0 unspecified atom stereocenters. The Morgan fingerprint density at radius 1 is 1.23 bits per heavy atom. The molecule has 1 aliphatic heterocycles. The summed E-state index contributed by atoms with van der Waals surface area (Å²) in [6.07, 6.45) is 1.47. The summed E-state index contributed by atoms with van der Waals surface area (Å²) in [5, 5.41) is 0.771. The highest BCUT2D eigenvalue weighted by Crippen LogP contribution is 2.29. The maximum Gasteiger partial charge on any atom is 0.363 e. The van der Waals surface area contributed by atoms with Gasteiger partial charge in [-0.2, -0.15) is 0 Å². The molecule has 1 aliphatic rings. The van der Waals surface area contributed by atoms with E-state index in [1.54, 1.807) is 30.3 Å². The number of benzene rings is 2. The van der Waals surface area contributed by atoms with E-state index in [9.17, 15) is 9.59 Å². The molecule has 0 bridgehead atoms. The summed E-state index contributed by atoms with van der Waals surface area (Å²) in [5.74, 6) is -0.737. The Morgan fingerprint density at radius 2 is 2.00 bits per heavy atom. The number of halogens is 3. The Bertz CT molecular complexity index is 985. The molecule has 2 aromatic carbocycles. The molecule has 0 fully saturated rings. The highest BCUT2D eigenvalue weighted by Gasteiger charge is 2.26. The lowest BCUT2D eigenvalue weighted by Crippen LogP contribution is -2.06. The van der Waals surface area contributed by atoms with Crippen LogP contribution < -0.4 is 4.74 Å². The molecule has 132 valence electrons. The van der Waals surface area contributed by atoms with Crippen LogP contribution in [-0.4, -0.2) is 17.8 Å². The first-order valence-electron chi connectivity index (χ1n) is 7.29. The minimum atomic E-state index is -0.639. The van der Waals surface area contributed by atoms with E-state index in [1.165, 1.54) is 19.1 Å². The van der Waals surface area contributed by atoms with E-state index >= 15 is 0 Å². The van der Waals surface area contributed by atoms with Crippen LogP contribution >= 0.6 is 39.1 Å². The molecule has 0 saturated carbocycles. The highest BCUT2D eigenvalue weighted by atomic mass is 79.9. The molecule has 1 heterocycles. The average molecular weight is 455 g/mol. The Hall–Kier alpha value is -2.15. The number of hydrogen-bond acceptors (Lipinski definition) is 5. The Balaban J connectivity index is 2.01. The van der Waals surface area contributed by atoms with Crippen LogP contribution in [0.4, 0.5) is 0 Å². The molecular weight excluding hydrogens is 445 g/mol. The molecule has 0 saturated heterocycles. The molecule has 8 heteroatoms. The zero-order valence-electron chi connectivity index (χ0n) is 13.3. The van der Waals surface area contributed by atoms with Crippen molar-refractivity contribution in [2.45, 2.75) is 6.92 Å². The van der Waals surface area contributed by atoms with Gasteiger partial charge in [-0.15, -0.1) is 0 Å². The van der Waals surface area contributed by atoms with Crippen molar-refractivity contribution in [3.05, 3.63) is 67.7 Å². The van der Waals surface area contributed by atoms with E-state index in [-0.39, 0.29) is 11.6 Å². The smallest absolute Gasteiger partial charge is 0.363 e. The lowest BCUT2D eigenvalue weighted by molar-refractivity contribution is -0.132. The molecule has 0 N–H and O–H groups in total. The predicted molar refractivity (Wildman–Crippen MR) is 103 cm³/mol. The van der Waals surface area contributed by atoms with Crippen LogP contribution in [0.5, 0.6) is 5.75 Å². The summed E-state index contributed by atoms with van der Waals surface area (Å²) in [4.78, 5) is 27.6. The highest BCUT2D eigenvalue weighted by molar-refractivity contribution is 9.10. The van der Waals surface area contributed by atoms with Gasteiger partial charge >= 0.3 is 11.9 Å². The number of nitrogens with zero attached hydrogens (tertiary/aromatic N) is 1. The first kappa shape index (κ1) is 18.6.